The van der Waals surface area contributed by atoms with Crippen LogP contribution in [-0.2, 0) is 21.4 Å². The SMILES string of the molecule is Cc1ccnc(NS(=O)(=O)c2ccc(NC(=O)c3ccc(CNC(=O)C4CC4)cc3)cc2)n1. The molecule has 3 aromatic rings. The number of carbonyl (C=O) groups is 2. The Kier molecular flexibility index (Phi) is 6.36. The van der Waals surface area contributed by atoms with Crippen molar-refractivity contribution in [2.24, 2.45) is 5.92 Å². The van der Waals surface area contributed by atoms with E-state index in [9.17, 15) is 18.0 Å². The minimum absolute atomic E-state index is 0.0112. The van der Waals surface area contributed by atoms with Crippen molar-refractivity contribution in [1.82, 2.24) is 15.3 Å². The molecule has 0 spiro atoms. The summed E-state index contributed by atoms with van der Waals surface area (Å²) in [6.07, 6.45) is 3.38. The van der Waals surface area contributed by atoms with Crippen LogP contribution in [0.2, 0.25) is 0 Å². The highest BCUT2D eigenvalue weighted by molar-refractivity contribution is 7.92. The minimum Gasteiger partial charge on any atom is -0.352 e. The van der Waals surface area contributed by atoms with Gasteiger partial charge in [0.25, 0.3) is 15.9 Å². The van der Waals surface area contributed by atoms with Crippen molar-refractivity contribution in [3.63, 3.8) is 0 Å². The normalized spacial score (nSPS) is 13.2. The van der Waals surface area contributed by atoms with E-state index < -0.39 is 10.0 Å². The monoisotopic (exact) mass is 465 g/mol. The van der Waals surface area contributed by atoms with Gasteiger partial charge in [-0.25, -0.2) is 23.1 Å². The van der Waals surface area contributed by atoms with E-state index in [1.54, 1.807) is 37.3 Å². The fourth-order valence-corrected chi connectivity index (χ4v) is 4.00. The Labute approximate surface area is 191 Å². The molecule has 1 saturated carbocycles. The van der Waals surface area contributed by atoms with Crippen molar-refractivity contribution < 1.29 is 18.0 Å². The largest absolute Gasteiger partial charge is 0.352 e. The van der Waals surface area contributed by atoms with Crippen molar-refractivity contribution in [3.05, 3.63) is 77.6 Å². The number of nitrogens with zero attached hydrogens (tertiary/aromatic N) is 2. The Morgan fingerprint density at radius 3 is 2.33 bits per heavy atom. The fourth-order valence-electron chi connectivity index (χ4n) is 3.05. The van der Waals surface area contributed by atoms with Gasteiger partial charge in [0.1, 0.15) is 0 Å². The van der Waals surface area contributed by atoms with Crippen LogP contribution in [0.15, 0.2) is 65.7 Å². The number of aryl methyl sites for hydroxylation is 1. The number of hydrogen-bond acceptors (Lipinski definition) is 6. The molecule has 10 heteroatoms. The van der Waals surface area contributed by atoms with E-state index in [-0.39, 0.29) is 28.6 Å². The summed E-state index contributed by atoms with van der Waals surface area (Å²) in [5.41, 5.74) is 2.44. The standard InChI is InChI=1S/C23H23N5O4S/c1-15-12-13-24-23(26-15)28-33(31,32)20-10-8-19(9-11-20)27-22(30)18-4-2-16(3-5-18)14-25-21(29)17-6-7-17/h2-5,8-13,17H,6-7,14H2,1H3,(H,25,29)(H,27,30)(H,24,26,28). The Morgan fingerprint density at radius 2 is 1.70 bits per heavy atom. The third-order valence-electron chi connectivity index (χ3n) is 5.07. The van der Waals surface area contributed by atoms with E-state index >= 15 is 0 Å². The van der Waals surface area contributed by atoms with Crippen LogP contribution in [0.25, 0.3) is 0 Å². The molecule has 0 aliphatic heterocycles. The summed E-state index contributed by atoms with van der Waals surface area (Å²) in [6, 6.07) is 14.4. The lowest BCUT2D eigenvalue weighted by molar-refractivity contribution is -0.122. The van der Waals surface area contributed by atoms with Gasteiger partial charge in [-0.2, -0.15) is 0 Å². The fraction of sp³-hybridized carbons (Fsp3) is 0.217. The molecule has 33 heavy (non-hydrogen) atoms. The molecule has 0 unspecified atom stereocenters. The maximum atomic E-state index is 12.5. The molecule has 0 atom stereocenters. The molecule has 1 aliphatic carbocycles. The van der Waals surface area contributed by atoms with Gasteiger partial charge in [0, 0.05) is 35.6 Å². The van der Waals surface area contributed by atoms with Gasteiger partial charge < -0.3 is 10.6 Å². The number of aromatic nitrogens is 2. The smallest absolute Gasteiger partial charge is 0.264 e. The van der Waals surface area contributed by atoms with Crippen LogP contribution in [0.3, 0.4) is 0 Å². The molecule has 1 aromatic heterocycles. The van der Waals surface area contributed by atoms with Gasteiger partial charge in [0.15, 0.2) is 0 Å². The molecule has 170 valence electrons. The van der Waals surface area contributed by atoms with Crippen LogP contribution < -0.4 is 15.4 Å². The Hall–Kier alpha value is -3.79. The number of sulfonamides is 1. The molecule has 3 N–H and O–H groups in total. The van der Waals surface area contributed by atoms with E-state index in [1.807, 2.05) is 0 Å². The maximum absolute atomic E-state index is 12.5. The molecule has 2 aromatic carbocycles. The number of hydrogen-bond donors (Lipinski definition) is 3. The topological polar surface area (TPSA) is 130 Å². The zero-order valence-electron chi connectivity index (χ0n) is 17.9. The van der Waals surface area contributed by atoms with Gasteiger partial charge >= 0.3 is 0 Å². The molecule has 0 bridgehead atoms. The third-order valence-corrected chi connectivity index (χ3v) is 6.42. The lowest BCUT2D eigenvalue weighted by Crippen LogP contribution is -2.24. The Bertz CT molecular complexity index is 1270. The molecule has 2 amide bonds. The maximum Gasteiger partial charge on any atom is 0.264 e. The molecule has 1 fully saturated rings. The van der Waals surface area contributed by atoms with Gasteiger partial charge in [0.2, 0.25) is 11.9 Å². The third kappa shape index (κ3) is 5.92. The molecule has 4 rings (SSSR count). The second-order valence-corrected chi connectivity index (χ2v) is 9.48. The second kappa shape index (κ2) is 9.37. The number of carbonyl (C=O) groups excluding carboxylic acids is 2. The summed E-state index contributed by atoms with van der Waals surface area (Å²) >= 11 is 0. The highest BCUT2D eigenvalue weighted by Crippen LogP contribution is 2.28. The van der Waals surface area contributed by atoms with Gasteiger partial charge in [-0.3, -0.25) is 9.59 Å². The van der Waals surface area contributed by atoms with Crippen molar-refractivity contribution in [1.29, 1.82) is 0 Å². The summed E-state index contributed by atoms with van der Waals surface area (Å²) in [5, 5.41) is 5.62. The summed E-state index contributed by atoms with van der Waals surface area (Å²) in [7, 11) is -3.86. The Balaban J connectivity index is 1.35. The van der Waals surface area contributed by atoms with Crippen LogP contribution in [0.4, 0.5) is 11.6 Å². The number of rotatable bonds is 8. The van der Waals surface area contributed by atoms with Crippen molar-refractivity contribution in [2.75, 3.05) is 10.0 Å². The highest BCUT2D eigenvalue weighted by Gasteiger charge is 2.29. The lowest BCUT2D eigenvalue weighted by atomic mass is 10.1. The number of anilines is 2. The molecule has 1 heterocycles. The van der Waals surface area contributed by atoms with Crippen LogP contribution in [-0.4, -0.2) is 30.2 Å². The summed E-state index contributed by atoms with van der Waals surface area (Å²) in [5.74, 6) is -0.111. The molecule has 0 saturated heterocycles. The first kappa shape index (κ1) is 22.4. The first-order valence-electron chi connectivity index (χ1n) is 10.4. The highest BCUT2D eigenvalue weighted by atomic mass is 32.2. The van der Waals surface area contributed by atoms with Gasteiger partial charge in [-0.15, -0.1) is 0 Å². The molecular formula is C23H23N5O4S. The number of nitrogens with one attached hydrogen (secondary N) is 3. The zero-order chi connectivity index (χ0) is 23.4. The van der Waals surface area contributed by atoms with E-state index in [2.05, 4.69) is 25.3 Å². The van der Waals surface area contributed by atoms with E-state index in [0.717, 1.165) is 18.4 Å². The first-order chi connectivity index (χ1) is 15.8. The molecular weight excluding hydrogens is 442 g/mol. The van der Waals surface area contributed by atoms with E-state index in [0.29, 0.717) is 23.5 Å². The number of amides is 2. The lowest BCUT2D eigenvalue weighted by Gasteiger charge is -2.09. The zero-order valence-corrected chi connectivity index (χ0v) is 18.7. The summed E-state index contributed by atoms with van der Waals surface area (Å²) in [4.78, 5) is 32.2. The number of benzene rings is 2. The van der Waals surface area contributed by atoms with Crippen LogP contribution in [0, 0.1) is 12.8 Å². The van der Waals surface area contributed by atoms with Gasteiger partial charge in [-0.1, -0.05) is 12.1 Å². The van der Waals surface area contributed by atoms with Crippen LogP contribution in [0.1, 0.15) is 34.5 Å². The molecule has 1 aliphatic rings. The average Bonchev–Trinajstić information content (AvgIpc) is 3.63. The minimum atomic E-state index is -3.86. The predicted molar refractivity (Wildman–Crippen MR) is 123 cm³/mol. The van der Waals surface area contributed by atoms with Gasteiger partial charge in [-0.05, 0) is 67.8 Å². The van der Waals surface area contributed by atoms with E-state index in [4.69, 9.17) is 0 Å². The summed E-state index contributed by atoms with van der Waals surface area (Å²) < 4.78 is 27.4. The average molecular weight is 466 g/mol. The van der Waals surface area contributed by atoms with E-state index in [1.165, 1.54) is 30.5 Å². The first-order valence-corrected chi connectivity index (χ1v) is 11.9. The van der Waals surface area contributed by atoms with Crippen molar-refractivity contribution in [3.8, 4) is 0 Å². The summed E-state index contributed by atoms with van der Waals surface area (Å²) in [6.45, 7) is 2.16. The van der Waals surface area contributed by atoms with Crippen LogP contribution >= 0.6 is 0 Å². The van der Waals surface area contributed by atoms with Crippen molar-refractivity contribution >= 4 is 33.5 Å². The second-order valence-electron chi connectivity index (χ2n) is 7.79. The predicted octanol–water partition coefficient (Wildman–Crippen LogP) is 2.86. The van der Waals surface area contributed by atoms with Crippen molar-refractivity contribution in [2.45, 2.75) is 31.2 Å². The Morgan fingerprint density at radius 1 is 1.00 bits per heavy atom. The molecule has 0 radical (unpaired) electrons. The molecule has 9 nitrogen and oxygen atoms in total. The van der Waals surface area contributed by atoms with Gasteiger partial charge in [0.05, 0.1) is 4.90 Å². The van der Waals surface area contributed by atoms with Crippen LogP contribution in [0.5, 0.6) is 0 Å². The quantitative estimate of drug-likeness (QED) is 0.469.